The van der Waals surface area contributed by atoms with Gasteiger partial charge in [0.05, 0.1) is 5.54 Å². The number of carbonyl (C=O) groups excluding carboxylic acids is 4. The number of ether oxygens (including phenoxy) is 1. The highest BCUT2D eigenvalue weighted by atomic mass is 19.1. The second-order valence-corrected chi connectivity index (χ2v) is 10.9. The molecule has 2 aromatic rings. The predicted octanol–water partition coefficient (Wildman–Crippen LogP) is 2.74. The van der Waals surface area contributed by atoms with E-state index in [-0.39, 0.29) is 36.6 Å². The van der Waals surface area contributed by atoms with Crippen LogP contribution in [0, 0.1) is 5.82 Å². The van der Waals surface area contributed by atoms with Crippen molar-refractivity contribution in [3.05, 3.63) is 64.5 Å². The van der Waals surface area contributed by atoms with E-state index in [0.717, 1.165) is 21.6 Å². The van der Waals surface area contributed by atoms with E-state index in [1.54, 1.807) is 29.2 Å². The minimum Gasteiger partial charge on any atom is -0.427 e. The van der Waals surface area contributed by atoms with Crippen molar-refractivity contribution in [3.63, 3.8) is 0 Å². The lowest BCUT2D eigenvalue weighted by Gasteiger charge is -2.28. The molecule has 2 aliphatic heterocycles. The first-order chi connectivity index (χ1) is 18.1. The number of fused-ring (bicyclic) bond motifs is 3. The number of nitrogens with zero attached hydrogens (tertiary/aromatic N) is 2. The standard InChI is InChI=1S/C28H29FN4O5/c1-16-2-3-17-12-20(29)5-4-19(17)14-32(16)23(34)15-33-25(36)28(38-26(33)37)9-8-18-13-21(6-7-22(18)28)31-24(35)27(30)10-11-27/h4-7,12-13,16H,2-3,8-11,14-15,30H2,1H3,(H,31,35)/t16-,28?/m1/s1. The van der Waals surface area contributed by atoms with E-state index < -0.39 is 29.7 Å². The Labute approximate surface area is 219 Å². The Balaban J connectivity index is 1.19. The molecule has 9 nitrogen and oxygen atoms in total. The molecule has 0 aromatic heterocycles. The quantitative estimate of drug-likeness (QED) is 0.639. The number of benzene rings is 2. The molecule has 198 valence electrons. The summed E-state index contributed by atoms with van der Waals surface area (Å²) in [6.45, 7) is 1.76. The Morgan fingerprint density at radius 3 is 2.63 bits per heavy atom. The van der Waals surface area contributed by atoms with Crippen LogP contribution in [0.15, 0.2) is 36.4 Å². The monoisotopic (exact) mass is 520 g/mol. The molecular weight excluding hydrogens is 491 g/mol. The van der Waals surface area contributed by atoms with Crippen LogP contribution < -0.4 is 11.1 Å². The van der Waals surface area contributed by atoms with Gasteiger partial charge in [-0.05, 0) is 80.0 Å². The van der Waals surface area contributed by atoms with E-state index in [0.29, 0.717) is 43.4 Å². The Morgan fingerprint density at radius 1 is 1.08 bits per heavy atom. The van der Waals surface area contributed by atoms with Crippen LogP contribution in [0.1, 0.15) is 54.9 Å². The van der Waals surface area contributed by atoms with E-state index in [4.69, 9.17) is 10.5 Å². The number of hydrogen-bond donors (Lipinski definition) is 2. The molecule has 38 heavy (non-hydrogen) atoms. The Morgan fingerprint density at radius 2 is 1.87 bits per heavy atom. The zero-order chi connectivity index (χ0) is 26.8. The van der Waals surface area contributed by atoms with Gasteiger partial charge in [-0.25, -0.2) is 14.1 Å². The maximum absolute atomic E-state index is 13.7. The van der Waals surface area contributed by atoms with Crippen molar-refractivity contribution in [2.75, 3.05) is 11.9 Å². The van der Waals surface area contributed by atoms with Gasteiger partial charge >= 0.3 is 6.09 Å². The first-order valence-electron chi connectivity index (χ1n) is 13.0. The first-order valence-corrected chi connectivity index (χ1v) is 13.0. The third-order valence-corrected chi connectivity index (χ3v) is 8.34. The van der Waals surface area contributed by atoms with Gasteiger partial charge in [-0.2, -0.15) is 0 Å². The molecule has 1 unspecified atom stereocenters. The molecule has 3 N–H and O–H groups in total. The molecule has 0 radical (unpaired) electrons. The largest absolute Gasteiger partial charge is 0.427 e. The van der Waals surface area contributed by atoms with Crippen LogP contribution >= 0.6 is 0 Å². The first kappa shape index (κ1) is 24.5. The lowest BCUT2D eigenvalue weighted by Crippen LogP contribution is -2.46. The molecule has 2 heterocycles. The summed E-state index contributed by atoms with van der Waals surface area (Å²) in [6, 6.07) is 9.54. The highest BCUT2D eigenvalue weighted by Gasteiger charge is 2.58. The van der Waals surface area contributed by atoms with Crippen molar-refractivity contribution >= 4 is 29.5 Å². The van der Waals surface area contributed by atoms with Gasteiger partial charge in [-0.1, -0.05) is 12.1 Å². The Bertz CT molecular complexity index is 1390. The third kappa shape index (κ3) is 3.94. The molecule has 2 atom stereocenters. The fraction of sp³-hybridized carbons (Fsp3) is 0.429. The molecule has 1 saturated heterocycles. The van der Waals surface area contributed by atoms with Crippen LogP contribution in [0.25, 0.3) is 0 Å². The minimum atomic E-state index is -1.48. The van der Waals surface area contributed by atoms with Crippen molar-refractivity contribution < 1.29 is 28.3 Å². The van der Waals surface area contributed by atoms with Crippen molar-refractivity contribution in [2.24, 2.45) is 5.73 Å². The number of anilines is 1. The van der Waals surface area contributed by atoms with Gasteiger partial charge in [-0.3, -0.25) is 14.4 Å². The van der Waals surface area contributed by atoms with Crippen molar-refractivity contribution in [1.29, 1.82) is 0 Å². The van der Waals surface area contributed by atoms with E-state index in [2.05, 4.69) is 5.32 Å². The zero-order valence-corrected chi connectivity index (χ0v) is 21.1. The second kappa shape index (κ2) is 8.62. The number of imide groups is 1. The number of amides is 4. The van der Waals surface area contributed by atoms with Crippen LogP contribution in [0.4, 0.5) is 14.9 Å². The average Bonchev–Trinajstić information content (AvgIpc) is 3.52. The number of rotatable bonds is 4. The lowest BCUT2D eigenvalue weighted by atomic mass is 9.94. The van der Waals surface area contributed by atoms with Crippen LogP contribution in [0.2, 0.25) is 0 Å². The van der Waals surface area contributed by atoms with Gasteiger partial charge in [0, 0.05) is 30.3 Å². The number of nitrogens with two attached hydrogens (primary N) is 1. The van der Waals surface area contributed by atoms with Crippen LogP contribution in [-0.2, 0) is 44.1 Å². The van der Waals surface area contributed by atoms with E-state index in [1.807, 2.05) is 6.92 Å². The molecule has 0 bridgehead atoms. The van der Waals surface area contributed by atoms with Gasteiger partial charge < -0.3 is 20.7 Å². The van der Waals surface area contributed by atoms with E-state index in [1.165, 1.54) is 12.1 Å². The van der Waals surface area contributed by atoms with Gasteiger partial charge in [0.15, 0.2) is 0 Å². The SMILES string of the molecule is C[C@@H]1CCc2cc(F)ccc2CN1C(=O)CN1C(=O)OC2(CCc3cc(NC(=O)C4(N)CC4)ccc32)C1=O. The Kier molecular flexibility index (Phi) is 5.57. The topological polar surface area (TPSA) is 122 Å². The van der Waals surface area contributed by atoms with Crippen molar-refractivity contribution in [1.82, 2.24) is 9.80 Å². The zero-order valence-electron chi connectivity index (χ0n) is 21.1. The normalized spacial score (nSPS) is 25.1. The molecule has 1 spiro atoms. The summed E-state index contributed by atoms with van der Waals surface area (Å²) in [6.07, 6.45) is 2.45. The van der Waals surface area contributed by atoms with E-state index >= 15 is 0 Å². The Hall–Kier alpha value is -3.79. The summed E-state index contributed by atoms with van der Waals surface area (Å²) in [4.78, 5) is 54.7. The fourth-order valence-electron chi connectivity index (χ4n) is 5.75. The predicted molar refractivity (Wildman–Crippen MR) is 134 cm³/mol. The fourth-order valence-corrected chi connectivity index (χ4v) is 5.75. The number of hydrogen-bond acceptors (Lipinski definition) is 6. The van der Waals surface area contributed by atoms with E-state index in [9.17, 15) is 23.6 Å². The molecule has 4 aliphatic rings. The molecule has 2 fully saturated rings. The summed E-state index contributed by atoms with van der Waals surface area (Å²) in [7, 11) is 0. The maximum atomic E-state index is 13.7. The van der Waals surface area contributed by atoms with Crippen LogP contribution in [0.3, 0.4) is 0 Å². The summed E-state index contributed by atoms with van der Waals surface area (Å²) in [5, 5.41) is 2.83. The van der Waals surface area contributed by atoms with Crippen molar-refractivity contribution in [3.8, 4) is 0 Å². The average molecular weight is 521 g/mol. The minimum absolute atomic E-state index is 0.148. The summed E-state index contributed by atoms with van der Waals surface area (Å²) in [5.41, 5.74) is 7.33. The number of aryl methyl sites for hydroxylation is 2. The second-order valence-electron chi connectivity index (χ2n) is 10.9. The molecule has 10 heteroatoms. The number of nitrogens with one attached hydrogen (secondary N) is 1. The van der Waals surface area contributed by atoms with Gasteiger partial charge in [0.2, 0.25) is 17.4 Å². The number of carbonyl (C=O) groups is 4. The number of halogens is 1. The molecule has 6 rings (SSSR count). The van der Waals surface area contributed by atoms with Gasteiger partial charge in [0.1, 0.15) is 12.4 Å². The summed E-state index contributed by atoms with van der Waals surface area (Å²) >= 11 is 0. The molecule has 2 aromatic carbocycles. The van der Waals surface area contributed by atoms with Gasteiger partial charge in [0.25, 0.3) is 5.91 Å². The highest BCUT2D eigenvalue weighted by molar-refractivity contribution is 6.06. The smallest absolute Gasteiger partial charge is 0.418 e. The third-order valence-electron chi connectivity index (χ3n) is 8.34. The van der Waals surface area contributed by atoms with Crippen LogP contribution in [-0.4, -0.2) is 51.7 Å². The van der Waals surface area contributed by atoms with Crippen molar-refractivity contribution in [2.45, 2.75) is 69.2 Å². The summed E-state index contributed by atoms with van der Waals surface area (Å²) in [5.74, 6) is -1.49. The van der Waals surface area contributed by atoms with Gasteiger partial charge in [-0.15, -0.1) is 0 Å². The molecule has 4 amide bonds. The molecule has 2 aliphatic carbocycles. The van der Waals surface area contributed by atoms with Crippen LogP contribution in [0.5, 0.6) is 0 Å². The summed E-state index contributed by atoms with van der Waals surface area (Å²) < 4.78 is 19.4. The molecule has 1 saturated carbocycles. The lowest BCUT2D eigenvalue weighted by molar-refractivity contribution is -0.143. The molecular formula is C28H29FN4O5. The maximum Gasteiger partial charge on any atom is 0.418 e. The highest BCUT2D eigenvalue weighted by Crippen LogP contribution is 2.46.